The van der Waals surface area contributed by atoms with Gasteiger partial charge >= 0.3 is 0 Å². The van der Waals surface area contributed by atoms with Crippen molar-refractivity contribution in [3.05, 3.63) is 23.7 Å². The van der Waals surface area contributed by atoms with Crippen molar-refractivity contribution in [2.75, 3.05) is 0 Å². The molecular weight excluding hydrogens is 120 g/mol. The molecule has 0 fully saturated rings. The van der Waals surface area contributed by atoms with Crippen molar-refractivity contribution in [3.63, 3.8) is 0 Å². The second-order valence-electron chi connectivity index (χ2n) is 1.72. The Labute approximate surface area is 51.9 Å². The van der Waals surface area contributed by atoms with Crippen LogP contribution >= 0.6 is 0 Å². The van der Waals surface area contributed by atoms with Crippen LogP contribution in [0, 0.1) is 6.08 Å². The van der Waals surface area contributed by atoms with E-state index in [2.05, 4.69) is 6.08 Å². The molecular formula is C6H5O3. The lowest BCUT2D eigenvalue weighted by Crippen LogP contribution is -2.06. The van der Waals surface area contributed by atoms with Gasteiger partial charge in [0.1, 0.15) is 5.76 Å². The largest absolute Gasteiger partial charge is 0.511 e. The summed E-state index contributed by atoms with van der Waals surface area (Å²) in [5.74, 6) is -0.933. The van der Waals surface area contributed by atoms with E-state index in [0.717, 1.165) is 6.08 Å². The van der Waals surface area contributed by atoms with E-state index in [1.54, 1.807) is 0 Å². The van der Waals surface area contributed by atoms with Gasteiger partial charge < -0.3 is 10.2 Å². The zero-order chi connectivity index (χ0) is 6.85. The van der Waals surface area contributed by atoms with E-state index >= 15 is 0 Å². The normalized spacial score (nSPS) is 18.9. The van der Waals surface area contributed by atoms with Crippen LogP contribution in [0.1, 0.15) is 6.42 Å². The molecule has 0 unspecified atom stereocenters. The Bertz CT molecular complexity index is 200. The number of ketones is 1. The van der Waals surface area contributed by atoms with Gasteiger partial charge in [-0.2, -0.15) is 0 Å². The maximum atomic E-state index is 10.5. The number of aliphatic hydroxyl groups excluding tert-OH is 2. The molecule has 0 saturated heterocycles. The van der Waals surface area contributed by atoms with Crippen LogP contribution in [-0.4, -0.2) is 16.0 Å². The molecule has 1 aliphatic rings. The van der Waals surface area contributed by atoms with Crippen molar-refractivity contribution in [2.24, 2.45) is 0 Å². The van der Waals surface area contributed by atoms with Crippen molar-refractivity contribution in [1.29, 1.82) is 0 Å². The van der Waals surface area contributed by atoms with E-state index in [0.29, 0.717) is 0 Å². The first kappa shape index (κ1) is 5.88. The molecule has 0 amide bonds. The number of aliphatic hydroxyl groups is 2. The summed E-state index contributed by atoms with van der Waals surface area (Å²) in [6, 6.07) is 0. The minimum absolute atomic E-state index is 0.127. The molecule has 0 aromatic rings. The third kappa shape index (κ3) is 1.10. The average molecular weight is 125 g/mol. The van der Waals surface area contributed by atoms with Gasteiger partial charge in [-0.15, -0.1) is 0 Å². The van der Waals surface area contributed by atoms with Gasteiger partial charge in [-0.1, -0.05) is 0 Å². The van der Waals surface area contributed by atoms with Gasteiger partial charge in [0, 0.05) is 6.08 Å². The van der Waals surface area contributed by atoms with Crippen molar-refractivity contribution < 1.29 is 15.0 Å². The van der Waals surface area contributed by atoms with Gasteiger partial charge in [0.05, 0.1) is 6.42 Å². The van der Waals surface area contributed by atoms with E-state index in [1.165, 1.54) is 0 Å². The third-order valence-corrected chi connectivity index (χ3v) is 0.989. The topological polar surface area (TPSA) is 57.5 Å². The summed E-state index contributed by atoms with van der Waals surface area (Å²) in [5.41, 5.74) is 0. The molecule has 0 saturated carbocycles. The van der Waals surface area contributed by atoms with E-state index in [-0.39, 0.29) is 17.9 Å². The molecule has 0 aromatic carbocycles. The number of carbonyl (C=O) groups excluding carboxylic acids is 1. The fourth-order valence-electron chi connectivity index (χ4n) is 0.526. The fourth-order valence-corrected chi connectivity index (χ4v) is 0.526. The number of hydrogen-bond acceptors (Lipinski definition) is 3. The van der Waals surface area contributed by atoms with E-state index < -0.39 is 5.78 Å². The summed E-state index contributed by atoms with van der Waals surface area (Å²) in [6.45, 7) is 0. The van der Waals surface area contributed by atoms with Gasteiger partial charge in [0.25, 0.3) is 0 Å². The van der Waals surface area contributed by atoms with Crippen LogP contribution in [0.15, 0.2) is 17.6 Å². The maximum Gasteiger partial charge on any atom is 0.204 e. The predicted molar refractivity (Wildman–Crippen MR) is 29.7 cm³/mol. The Hall–Kier alpha value is -1.25. The number of rotatable bonds is 0. The quantitative estimate of drug-likeness (QED) is 0.499. The molecule has 47 valence electrons. The number of carbonyl (C=O) groups is 1. The molecule has 1 aliphatic carbocycles. The van der Waals surface area contributed by atoms with Crippen molar-refractivity contribution >= 4 is 5.78 Å². The number of hydrogen-bond donors (Lipinski definition) is 2. The van der Waals surface area contributed by atoms with Crippen LogP contribution in [0.2, 0.25) is 0 Å². The summed E-state index contributed by atoms with van der Waals surface area (Å²) in [5, 5.41) is 17.2. The van der Waals surface area contributed by atoms with Crippen LogP contribution in [0.25, 0.3) is 0 Å². The van der Waals surface area contributed by atoms with Gasteiger partial charge in [0.15, 0.2) is 5.76 Å². The van der Waals surface area contributed by atoms with E-state index in [4.69, 9.17) is 10.2 Å². The Balaban J connectivity index is 2.86. The smallest absolute Gasteiger partial charge is 0.204 e. The highest BCUT2D eigenvalue weighted by atomic mass is 16.3. The molecule has 2 N–H and O–H groups in total. The molecule has 0 aliphatic heterocycles. The Morgan fingerprint density at radius 2 is 2.22 bits per heavy atom. The molecule has 0 heterocycles. The highest BCUT2D eigenvalue weighted by molar-refractivity contribution is 5.95. The van der Waals surface area contributed by atoms with Crippen LogP contribution in [-0.2, 0) is 4.79 Å². The molecule has 1 rings (SSSR count). The van der Waals surface area contributed by atoms with Gasteiger partial charge in [-0.3, -0.25) is 4.79 Å². The first-order chi connectivity index (χ1) is 4.20. The molecule has 0 spiro atoms. The van der Waals surface area contributed by atoms with E-state index in [1.807, 2.05) is 0 Å². The highest BCUT2D eigenvalue weighted by Crippen LogP contribution is 2.08. The SMILES string of the molecule is O=C1CC(O)=[C]C=C1O. The Morgan fingerprint density at radius 3 is 2.67 bits per heavy atom. The minimum Gasteiger partial charge on any atom is -0.511 e. The molecule has 3 heteroatoms. The Morgan fingerprint density at radius 1 is 1.56 bits per heavy atom. The minimum atomic E-state index is -0.466. The molecule has 1 radical (unpaired) electrons. The van der Waals surface area contributed by atoms with Crippen LogP contribution < -0.4 is 0 Å². The van der Waals surface area contributed by atoms with Crippen LogP contribution in [0.3, 0.4) is 0 Å². The first-order valence-corrected chi connectivity index (χ1v) is 2.44. The van der Waals surface area contributed by atoms with Crippen LogP contribution in [0.5, 0.6) is 0 Å². The lowest BCUT2D eigenvalue weighted by atomic mass is 10.1. The molecule has 9 heavy (non-hydrogen) atoms. The molecule has 0 atom stereocenters. The summed E-state index contributed by atoms with van der Waals surface area (Å²) < 4.78 is 0. The molecule has 3 nitrogen and oxygen atoms in total. The monoisotopic (exact) mass is 125 g/mol. The highest BCUT2D eigenvalue weighted by Gasteiger charge is 2.13. The molecule has 0 bridgehead atoms. The molecule has 0 aromatic heterocycles. The average Bonchev–Trinajstić information content (AvgIpc) is 1.80. The number of allylic oxidation sites excluding steroid dienone is 4. The zero-order valence-electron chi connectivity index (χ0n) is 4.59. The third-order valence-electron chi connectivity index (χ3n) is 0.989. The van der Waals surface area contributed by atoms with Gasteiger partial charge in [0.2, 0.25) is 5.78 Å². The maximum absolute atomic E-state index is 10.5. The zero-order valence-corrected chi connectivity index (χ0v) is 4.59. The van der Waals surface area contributed by atoms with Gasteiger partial charge in [-0.05, 0) is 6.08 Å². The standard InChI is InChI=1S/C6H5O3/c7-4-1-2-5(8)6(9)3-4/h2,7-8H,3H2. The van der Waals surface area contributed by atoms with Crippen LogP contribution in [0.4, 0.5) is 0 Å². The summed E-state index contributed by atoms with van der Waals surface area (Å²) in [4.78, 5) is 10.5. The summed E-state index contributed by atoms with van der Waals surface area (Å²) in [6.07, 6.45) is 3.22. The fraction of sp³-hybridized carbons (Fsp3) is 0.167. The summed E-state index contributed by atoms with van der Waals surface area (Å²) >= 11 is 0. The Kier molecular flexibility index (Phi) is 1.26. The van der Waals surface area contributed by atoms with E-state index in [9.17, 15) is 4.79 Å². The first-order valence-electron chi connectivity index (χ1n) is 2.44. The lowest BCUT2D eigenvalue weighted by Gasteiger charge is -2.01. The predicted octanol–water partition coefficient (Wildman–Crippen LogP) is 0.646. The van der Waals surface area contributed by atoms with Gasteiger partial charge in [-0.25, -0.2) is 0 Å². The van der Waals surface area contributed by atoms with Crippen molar-refractivity contribution in [1.82, 2.24) is 0 Å². The number of Topliss-reactive ketones (excluding diaryl/α,β-unsaturated/α-hetero) is 1. The summed E-state index contributed by atoms with van der Waals surface area (Å²) in [7, 11) is 0. The van der Waals surface area contributed by atoms with Crippen molar-refractivity contribution in [2.45, 2.75) is 6.42 Å². The van der Waals surface area contributed by atoms with Crippen molar-refractivity contribution in [3.8, 4) is 0 Å². The second kappa shape index (κ2) is 1.93. The lowest BCUT2D eigenvalue weighted by molar-refractivity contribution is -0.117. The second-order valence-corrected chi connectivity index (χ2v) is 1.72.